The van der Waals surface area contributed by atoms with E-state index in [9.17, 15) is 0 Å². The lowest BCUT2D eigenvalue weighted by atomic mass is 10.1. The van der Waals surface area contributed by atoms with E-state index in [-0.39, 0.29) is 5.84 Å². The summed E-state index contributed by atoms with van der Waals surface area (Å²) < 4.78 is 2.63. The van der Waals surface area contributed by atoms with Crippen LogP contribution in [0.2, 0.25) is 0 Å². The van der Waals surface area contributed by atoms with Gasteiger partial charge in [0.25, 0.3) is 0 Å². The summed E-state index contributed by atoms with van der Waals surface area (Å²) in [6.45, 7) is 4.02. The normalized spacial score (nSPS) is 11.8. The zero-order valence-corrected chi connectivity index (χ0v) is 12.9. The number of rotatable bonds is 4. The molecule has 0 radical (unpaired) electrons. The van der Waals surface area contributed by atoms with Crippen molar-refractivity contribution >= 4 is 21.8 Å². The van der Waals surface area contributed by atoms with Gasteiger partial charge in [-0.15, -0.1) is 0 Å². The lowest BCUT2D eigenvalue weighted by molar-refractivity contribution is 0.318. The average Bonchev–Trinajstić information content (AvgIpc) is 2.89. The smallest absolute Gasteiger partial charge is 0.172 e. The average molecular weight is 338 g/mol. The number of nitrogens with zero attached hydrogens (tertiary/aromatic N) is 4. The zero-order chi connectivity index (χ0) is 14.7. The summed E-state index contributed by atoms with van der Waals surface area (Å²) in [4.78, 5) is 4.47. The molecule has 0 aliphatic rings. The van der Waals surface area contributed by atoms with Crippen molar-refractivity contribution in [3.8, 4) is 5.69 Å². The van der Waals surface area contributed by atoms with E-state index >= 15 is 0 Å². The fourth-order valence-corrected chi connectivity index (χ4v) is 2.26. The third-order valence-electron chi connectivity index (χ3n) is 2.92. The molecule has 1 aromatic carbocycles. The molecule has 0 saturated carbocycles. The Morgan fingerprint density at radius 2 is 2.15 bits per heavy atom. The number of amidine groups is 1. The van der Waals surface area contributed by atoms with Crippen LogP contribution in [0.3, 0.4) is 0 Å². The molecule has 20 heavy (non-hydrogen) atoms. The Balaban J connectivity index is 2.67. The van der Waals surface area contributed by atoms with Gasteiger partial charge >= 0.3 is 0 Å². The second-order valence-corrected chi connectivity index (χ2v) is 5.13. The number of nitrogens with two attached hydrogens (primary N) is 1. The molecule has 0 amide bonds. The highest BCUT2D eigenvalue weighted by molar-refractivity contribution is 9.10. The standard InChI is InChI=1S/C13H16BrN5O/c1-3-11-16-12(4-2)19(17-11)10-7-8(14)5-6-9(10)13(15)18-20/h5-7,20H,3-4H2,1-2H3,(H2,15,18). The largest absolute Gasteiger partial charge is 0.409 e. The minimum Gasteiger partial charge on any atom is -0.409 e. The Morgan fingerprint density at radius 3 is 2.75 bits per heavy atom. The second kappa shape index (κ2) is 6.04. The van der Waals surface area contributed by atoms with Crippen molar-refractivity contribution in [3.05, 3.63) is 39.9 Å². The quantitative estimate of drug-likeness (QED) is 0.387. The minimum absolute atomic E-state index is 0.0445. The molecule has 1 aromatic heterocycles. The van der Waals surface area contributed by atoms with Crippen LogP contribution in [0.25, 0.3) is 5.69 Å². The zero-order valence-electron chi connectivity index (χ0n) is 11.3. The second-order valence-electron chi connectivity index (χ2n) is 4.21. The number of benzene rings is 1. The molecule has 0 saturated heterocycles. The van der Waals surface area contributed by atoms with E-state index in [4.69, 9.17) is 10.9 Å². The molecule has 3 N–H and O–H groups in total. The van der Waals surface area contributed by atoms with Gasteiger partial charge in [0.15, 0.2) is 11.7 Å². The summed E-state index contributed by atoms with van der Waals surface area (Å²) in [6, 6.07) is 5.49. The molecule has 2 aromatic rings. The molecule has 0 bridgehead atoms. The summed E-state index contributed by atoms with van der Waals surface area (Å²) in [6.07, 6.45) is 1.50. The van der Waals surface area contributed by atoms with Crippen LogP contribution < -0.4 is 5.73 Å². The molecule has 0 unspecified atom stereocenters. The third kappa shape index (κ3) is 2.67. The van der Waals surface area contributed by atoms with Gasteiger partial charge in [-0.3, -0.25) is 0 Å². The first-order valence-corrected chi connectivity index (χ1v) is 7.12. The molecule has 0 spiro atoms. The molecular weight excluding hydrogens is 322 g/mol. The van der Waals surface area contributed by atoms with Crippen molar-refractivity contribution in [2.45, 2.75) is 26.7 Å². The van der Waals surface area contributed by atoms with E-state index < -0.39 is 0 Å². The van der Waals surface area contributed by atoms with Gasteiger partial charge in [0, 0.05) is 22.9 Å². The van der Waals surface area contributed by atoms with Crippen molar-refractivity contribution in [3.63, 3.8) is 0 Å². The van der Waals surface area contributed by atoms with Gasteiger partial charge in [-0.05, 0) is 18.2 Å². The summed E-state index contributed by atoms with van der Waals surface area (Å²) in [7, 11) is 0. The monoisotopic (exact) mass is 337 g/mol. The molecule has 2 rings (SSSR count). The topological polar surface area (TPSA) is 89.3 Å². The van der Waals surface area contributed by atoms with Crippen LogP contribution in [-0.4, -0.2) is 25.8 Å². The summed E-state index contributed by atoms with van der Waals surface area (Å²) in [5.74, 6) is 1.65. The highest BCUT2D eigenvalue weighted by Crippen LogP contribution is 2.21. The number of aromatic nitrogens is 3. The van der Waals surface area contributed by atoms with Crippen molar-refractivity contribution in [1.29, 1.82) is 0 Å². The van der Waals surface area contributed by atoms with Crippen molar-refractivity contribution in [2.75, 3.05) is 0 Å². The Bertz CT molecular complexity index is 650. The third-order valence-corrected chi connectivity index (χ3v) is 3.42. The molecule has 0 aliphatic carbocycles. The van der Waals surface area contributed by atoms with Crippen LogP contribution in [0, 0.1) is 0 Å². The van der Waals surface area contributed by atoms with Gasteiger partial charge in [-0.25, -0.2) is 9.67 Å². The highest BCUT2D eigenvalue weighted by Gasteiger charge is 2.15. The number of aryl methyl sites for hydroxylation is 2. The van der Waals surface area contributed by atoms with Crippen LogP contribution in [0.1, 0.15) is 31.1 Å². The van der Waals surface area contributed by atoms with E-state index in [1.54, 1.807) is 10.7 Å². The van der Waals surface area contributed by atoms with Gasteiger partial charge < -0.3 is 10.9 Å². The number of hydrogen-bond donors (Lipinski definition) is 2. The predicted octanol–water partition coefficient (Wildman–Crippen LogP) is 2.25. The van der Waals surface area contributed by atoms with Gasteiger partial charge in [-0.2, -0.15) is 5.10 Å². The molecule has 1 heterocycles. The van der Waals surface area contributed by atoms with E-state index in [0.717, 1.165) is 34.7 Å². The van der Waals surface area contributed by atoms with Crippen molar-refractivity contribution in [2.24, 2.45) is 10.9 Å². The number of oxime groups is 1. The van der Waals surface area contributed by atoms with E-state index in [0.29, 0.717) is 5.56 Å². The summed E-state index contributed by atoms with van der Waals surface area (Å²) in [5, 5.41) is 16.5. The lowest BCUT2D eigenvalue weighted by Gasteiger charge is -2.10. The van der Waals surface area contributed by atoms with Crippen LogP contribution >= 0.6 is 15.9 Å². The van der Waals surface area contributed by atoms with Gasteiger partial charge in [0.2, 0.25) is 0 Å². The first kappa shape index (κ1) is 14.5. The van der Waals surface area contributed by atoms with E-state index in [2.05, 4.69) is 31.2 Å². The highest BCUT2D eigenvalue weighted by atomic mass is 79.9. The molecule has 6 nitrogen and oxygen atoms in total. The van der Waals surface area contributed by atoms with Crippen LogP contribution in [0.15, 0.2) is 27.8 Å². The van der Waals surface area contributed by atoms with Gasteiger partial charge in [0.1, 0.15) is 5.82 Å². The Labute approximate surface area is 125 Å². The van der Waals surface area contributed by atoms with E-state index in [1.807, 2.05) is 26.0 Å². The molecule has 0 atom stereocenters. The van der Waals surface area contributed by atoms with E-state index in [1.165, 1.54) is 0 Å². The maximum Gasteiger partial charge on any atom is 0.172 e. The number of hydrogen-bond acceptors (Lipinski definition) is 4. The summed E-state index contributed by atoms with van der Waals surface area (Å²) >= 11 is 3.43. The maximum absolute atomic E-state index is 8.91. The summed E-state index contributed by atoms with van der Waals surface area (Å²) in [5.41, 5.74) is 7.08. The van der Waals surface area contributed by atoms with Crippen LogP contribution in [0.4, 0.5) is 0 Å². The van der Waals surface area contributed by atoms with Crippen molar-refractivity contribution < 1.29 is 5.21 Å². The Hall–Kier alpha value is -1.89. The van der Waals surface area contributed by atoms with Crippen molar-refractivity contribution in [1.82, 2.24) is 14.8 Å². The fraction of sp³-hybridized carbons (Fsp3) is 0.308. The van der Waals surface area contributed by atoms with Crippen LogP contribution in [0.5, 0.6) is 0 Å². The minimum atomic E-state index is 0.0445. The predicted molar refractivity (Wildman–Crippen MR) is 80.3 cm³/mol. The Kier molecular flexibility index (Phi) is 4.39. The van der Waals surface area contributed by atoms with Gasteiger partial charge in [0.05, 0.1) is 5.69 Å². The maximum atomic E-state index is 8.91. The SMILES string of the molecule is CCc1nc(CC)n(-c2cc(Br)ccc2/C(N)=N/O)n1. The molecule has 7 heteroatoms. The van der Waals surface area contributed by atoms with Crippen LogP contribution in [-0.2, 0) is 12.8 Å². The lowest BCUT2D eigenvalue weighted by Crippen LogP contribution is -2.17. The Morgan fingerprint density at radius 1 is 1.40 bits per heavy atom. The first-order valence-electron chi connectivity index (χ1n) is 6.33. The van der Waals surface area contributed by atoms with Gasteiger partial charge in [-0.1, -0.05) is 34.9 Å². The number of halogens is 1. The molecule has 0 fully saturated rings. The fourth-order valence-electron chi connectivity index (χ4n) is 1.91. The molecular formula is C13H16BrN5O. The first-order chi connectivity index (χ1) is 9.60. The molecule has 0 aliphatic heterocycles. The molecule has 106 valence electrons.